The van der Waals surface area contributed by atoms with Crippen LogP contribution in [-0.2, 0) is 0 Å². The van der Waals surface area contributed by atoms with Crippen LogP contribution in [-0.4, -0.2) is 50.2 Å². The van der Waals surface area contributed by atoms with Crippen LogP contribution < -0.4 is 25.4 Å². The lowest BCUT2D eigenvalue weighted by molar-refractivity contribution is 0.0954. The number of guanidine groups is 1. The number of hydrogen-bond acceptors (Lipinski definition) is 5. The van der Waals surface area contributed by atoms with Gasteiger partial charge in [-0.2, -0.15) is 0 Å². The van der Waals surface area contributed by atoms with E-state index in [1.165, 1.54) is 6.20 Å². The second-order valence-electron chi connectivity index (χ2n) is 5.68. The summed E-state index contributed by atoms with van der Waals surface area (Å²) in [6.07, 6.45) is 3.16. The fourth-order valence-corrected chi connectivity index (χ4v) is 2.40. The van der Waals surface area contributed by atoms with E-state index in [4.69, 9.17) is 9.47 Å². The first kappa shape index (κ1) is 24.5. The van der Waals surface area contributed by atoms with Gasteiger partial charge in [0.05, 0.1) is 25.8 Å². The molecule has 2 rings (SSSR count). The van der Waals surface area contributed by atoms with E-state index in [1.54, 1.807) is 25.4 Å². The number of methoxy groups -OCH3 is 1. The van der Waals surface area contributed by atoms with E-state index in [0.717, 1.165) is 5.69 Å². The molecule has 29 heavy (non-hydrogen) atoms. The zero-order valence-electron chi connectivity index (χ0n) is 16.9. The highest BCUT2D eigenvalue weighted by Gasteiger charge is 2.07. The summed E-state index contributed by atoms with van der Waals surface area (Å²) >= 11 is 0. The Bertz CT molecular complexity index is 787. The summed E-state index contributed by atoms with van der Waals surface area (Å²) in [7, 11) is 1.60. The Kier molecular flexibility index (Phi) is 11.5. The van der Waals surface area contributed by atoms with Gasteiger partial charge in [0.25, 0.3) is 5.91 Å². The third-order valence-electron chi connectivity index (χ3n) is 3.66. The molecule has 0 radical (unpaired) electrons. The number of rotatable bonds is 9. The molecule has 0 saturated heterocycles. The summed E-state index contributed by atoms with van der Waals surface area (Å²) < 4.78 is 10.9. The first-order chi connectivity index (χ1) is 13.7. The van der Waals surface area contributed by atoms with Crippen molar-refractivity contribution in [3.05, 3.63) is 48.3 Å². The number of benzene rings is 1. The SMILES string of the molecule is CCNC(=NCCNC(=O)c1cccnc1)Nc1ccc(OCC)c(OC)c1.I. The molecule has 0 aliphatic carbocycles. The van der Waals surface area contributed by atoms with Gasteiger partial charge in [-0.1, -0.05) is 0 Å². The molecule has 0 atom stereocenters. The molecule has 1 aromatic carbocycles. The van der Waals surface area contributed by atoms with E-state index in [9.17, 15) is 4.79 Å². The number of nitrogens with zero attached hydrogens (tertiary/aromatic N) is 2. The summed E-state index contributed by atoms with van der Waals surface area (Å²) in [5.41, 5.74) is 1.34. The zero-order valence-corrected chi connectivity index (χ0v) is 19.2. The topological polar surface area (TPSA) is 96.9 Å². The van der Waals surface area contributed by atoms with Crippen LogP contribution in [0.15, 0.2) is 47.7 Å². The maximum absolute atomic E-state index is 12.0. The Hall–Kier alpha value is -2.56. The number of halogens is 1. The lowest BCUT2D eigenvalue weighted by atomic mass is 10.2. The third-order valence-corrected chi connectivity index (χ3v) is 3.66. The highest BCUT2D eigenvalue weighted by molar-refractivity contribution is 14.0. The highest BCUT2D eigenvalue weighted by Crippen LogP contribution is 2.30. The van der Waals surface area contributed by atoms with E-state index >= 15 is 0 Å². The molecule has 1 aromatic heterocycles. The lowest BCUT2D eigenvalue weighted by Crippen LogP contribution is -2.32. The fourth-order valence-electron chi connectivity index (χ4n) is 2.40. The highest BCUT2D eigenvalue weighted by atomic mass is 127. The molecular formula is C20H28IN5O3. The second-order valence-corrected chi connectivity index (χ2v) is 5.68. The van der Waals surface area contributed by atoms with Gasteiger partial charge in [0, 0.05) is 37.2 Å². The summed E-state index contributed by atoms with van der Waals surface area (Å²) in [4.78, 5) is 20.4. The Morgan fingerprint density at radius 1 is 1.17 bits per heavy atom. The number of hydrogen-bond donors (Lipinski definition) is 3. The molecule has 0 fully saturated rings. The van der Waals surface area contributed by atoms with E-state index < -0.39 is 0 Å². The molecule has 0 saturated carbocycles. The number of pyridine rings is 1. The van der Waals surface area contributed by atoms with Crippen molar-refractivity contribution in [2.45, 2.75) is 13.8 Å². The van der Waals surface area contributed by atoms with E-state index in [0.29, 0.717) is 49.3 Å². The number of carbonyl (C=O) groups is 1. The molecule has 1 heterocycles. The van der Waals surface area contributed by atoms with Crippen molar-refractivity contribution in [1.29, 1.82) is 0 Å². The molecule has 0 bridgehead atoms. The van der Waals surface area contributed by atoms with Crippen molar-refractivity contribution in [1.82, 2.24) is 15.6 Å². The number of aliphatic imine (C=N–C) groups is 1. The van der Waals surface area contributed by atoms with Gasteiger partial charge in [0.2, 0.25) is 0 Å². The van der Waals surface area contributed by atoms with Crippen molar-refractivity contribution < 1.29 is 14.3 Å². The smallest absolute Gasteiger partial charge is 0.252 e. The van der Waals surface area contributed by atoms with Crippen molar-refractivity contribution in [2.75, 3.05) is 38.7 Å². The van der Waals surface area contributed by atoms with Crippen molar-refractivity contribution in [2.24, 2.45) is 4.99 Å². The standard InChI is InChI=1S/C20H27N5O3.HI/c1-4-22-20(24-12-11-23-19(26)15-7-6-10-21-14-15)25-16-8-9-17(28-5-2)18(13-16)27-3;/h6-10,13-14H,4-5,11-12H2,1-3H3,(H,23,26)(H2,22,24,25);1H. The minimum Gasteiger partial charge on any atom is -0.493 e. The average Bonchev–Trinajstić information content (AvgIpc) is 2.73. The van der Waals surface area contributed by atoms with Gasteiger partial charge in [-0.25, -0.2) is 0 Å². The molecule has 3 N–H and O–H groups in total. The van der Waals surface area contributed by atoms with Gasteiger partial charge in [0.15, 0.2) is 17.5 Å². The average molecular weight is 513 g/mol. The van der Waals surface area contributed by atoms with Crippen LogP contribution >= 0.6 is 24.0 Å². The molecule has 0 aliphatic heterocycles. The molecule has 1 amide bonds. The minimum absolute atomic E-state index is 0. The molecular weight excluding hydrogens is 485 g/mol. The zero-order chi connectivity index (χ0) is 20.2. The molecule has 0 aliphatic rings. The van der Waals surface area contributed by atoms with Gasteiger partial charge in [-0.15, -0.1) is 24.0 Å². The van der Waals surface area contributed by atoms with E-state index in [2.05, 4.69) is 25.9 Å². The van der Waals surface area contributed by atoms with Crippen LogP contribution in [0.25, 0.3) is 0 Å². The number of amides is 1. The molecule has 0 unspecified atom stereocenters. The Balaban J connectivity index is 0.00000420. The normalized spacial score (nSPS) is 10.5. The van der Waals surface area contributed by atoms with E-state index in [1.807, 2.05) is 32.0 Å². The van der Waals surface area contributed by atoms with Crippen LogP contribution in [0.2, 0.25) is 0 Å². The monoisotopic (exact) mass is 513 g/mol. The lowest BCUT2D eigenvalue weighted by Gasteiger charge is -2.14. The molecule has 0 spiro atoms. The van der Waals surface area contributed by atoms with Gasteiger partial charge in [-0.05, 0) is 38.1 Å². The van der Waals surface area contributed by atoms with Crippen LogP contribution in [0.5, 0.6) is 11.5 Å². The largest absolute Gasteiger partial charge is 0.493 e. The fraction of sp³-hybridized carbons (Fsp3) is 0.350. The quantitative estimate of drug-likeness (QED) is 0.207. The maximum atomic E-state index is 12.0. The van der Waals surface area contributed by atoms with Crippen molar-refractivity contribution in [3.63, 3.8) is 0 Å². The number of aromatic nitrogens is 1. The molecule has 2 aromatic rings. The summed E-state index contributed by atoms with van der Waals surface area (Å²) in [5.74, 6) is 1.78. The second kappa shape index (κ2) is 13.6. The first-order valence-corrected chi connectivity index (χ1v) is 9.22. The molecule has 8 nitrogen and oxygen atoms in total. The number of nitrogens with one attached hydrogen (secondary N) is 3. The van der Waals surface area contributed by atoms with Crippen LogP contribution in [0.3, 0.4) is 0 Å². The molecule has 9 heteroatoms. The Morgan fingerprint density at radius 2 is 2.00 bits per heavy atom. The van der Waals surface area contributed by atoms with E-state index in [-0.39, 0.29) is 29.9 Å². The Morgan fingerprint density at radius 3 is 2.66 bits per heavy atom. The van der Waals surface area contributed by atoms with Crippen LogP contribution in [0, 0.1) is 0 Å². The molecule has 158 valence electrons. The van der Waals surface area contributed by atoms with Crippen molar-refractivity contribution in [3.8, 4) is 11.5 Å². The van der Waals surface area contributed by atoms with Gasteiger partial charge in [-0.3, -0.25) is 14.8 Å². The van der Waals surface area contributed by atoms with Crippen LogP contribution in [0.4, 0.5) is 5.69 Å². The maximum Gasteiger partial charge on any atom is 0.252 e. The predicted octanol–water partition coefficient (Wildman–Crippen LogP) is 2.91. The first-order valence-electron chi connectivity index (χ1n) is 9.22. The Labute approximate surface area is 188 Å². The summed E-state index contributed by atoms with van der Waals surface area (Å²) in [6.45, 7) is 6.03. The third kappa shape index (κ3) is 8.14. The van der Waals surface area contributed by atoms with Crippen molar-refractivity contribution >= 4 is 41.5 Å². The number of carbonyl (C=O) groups excluding carboxylic acids is 1. The minimum atomic E-state index is -0.169. The van der Waals surface area contributed by atoms with Gasteiger partial charge < -0.3 is 25.4 Å². The summed E-state index contributed by atoms with van der Waals surface area (Å²) in [5, 5.41) is 9.22. The predicted molar refractivity (Wildman–Crippen MR) is 126 cm³/mol. The number of ether oxygens (including phenoxy) is 2. The van der Waals surface area contributed by atoms with Crippen LogP contribution in [0.1, 0.15) is 24.2 Å². The van der Waals surface area contributed by atoms with Gasteiger partial charge in [0.1, 0.15) is 0 Å². The van der Waals surface area contributed by atoms with Gasteiger partial charge >= 0.3 is 0 Å². The number of anilines is 1. The summed E-state index contributed by atoms with van der Waals surface area (Å²) in [6, 6.07) is 9.04.